The molecule has 0 saturated heterocycles. The highest BCUT2D eigenvalue weighted by atomic mass is 16.6. The lowest BCUT2D eigenvalue weighted by molar-refractivity contribution is -0.207. The number of carbonyl (C=O) groups excluding carboxylic acids is 2. The van der Waals surface area contributed by atoms with Gasteiger partial charge < -0.3 is 24.8 Å². The Morgan fingerprint density at radius 3 is 2.32 bits per heavy atom. The van der Waals surface area contributed by atoms with E-state index in [0.29, 0.717) is 18.8 Å². The van der Waals surface area contributed by atoms with Crippen LogP contribution in [0.15, 0.2) is 0 Å². The van der Waals surface area contributed by atoms with Crippen LogP contribution in [0.4, 0.5) is 0 Å². The molecule has 3 N–H and O–H groups in total. The minimum Gasteiger partial charge on any atom is -0.462 e. The van der Waals surface area contributed by atoms with E-state index < -0.39 is 6.10 Å². The Hall–Kier alpha value is -1.18. The minimum atomic E-state index is -0.428. The van der Waals surface area contributed by atoms with Crippen molar-refractivity contribution in [1.29, 1.82) is 0 Å². The van der Waals surface area contributed by atoms with Crippen LogP contribution in [0.1, 0.15) is 137 Å². The number of esters is 2. The molecule has 0 bridgehead atoms. The maximum atomic E-state index is 12.6. The van der Waals surface area contributed by atoms with Crippen molar-refractivity contribution in [1.82, 2.24) is 0 Å². The maximum Gasteiger partial charge on any atom is 0.309 e. The predicted molar refractivity (Wildman–Crippen MR) is 171 cm³/mol. The molecule has 0 aromatic carbocycles. The second kappa shape index (κ2) is 15.6. The van der Waals surface area contributed by atoms with E-state index in [-0.39, 0.29) is 83.7 Å². The van der Waals surface area contributed by atoms with Crippen molar-refractivity contribution in [2.45, 2.75) is 156 Å². The summed E-state index contributed by atoms with van der Waals surface area (Å²) in [5.74, 6) is 1.11. The second-order valence-electron chi connectivity index (χ2n) is 15.8. The lowest BCUT2D eigenvalue weighted by Gasteiger charge is -2.63. The Morgan fingerprint density at radius 2 is 1.59 bits per heavy atom. The second-order valence-corrected chi connectivity index (χ2v) is 15.8. The average molecular weight is 621 g/mol. The normalized spacial score (nSPS) is 39.5. The lowest BCUT2D eigenvalue weighted by Crippen LogP contribution is -2.62. The molecule has 4 aliphatic rings. The molecule has 4 rings (SSSR count). The molecule has 4 fully saturated rings. The summed E-state index contributed by atoms with van der Waals surface area (Å²) in [5.41, 5.74) is -0.207. The van der Waals surface area contributed by atoms with Gasteiger partial charge in [-0.1, -0.05) is 66.7 Å². The quantitative estimate of drug-likeness (QED) is 0.136. The smallest absolute Gasteiger partial charge is 0.309 e. The van der Waals surface area contributed by atoms with Gasteiger partial charge in [0.25, 0.3) is 0 Å². The largest absolute Gasteiger partial charge is 0.462 e. The third kappa shape index (κ3) is 7.51. The van der Waals surface area contributed by atoms with E-state index in [1.165, 1.54) is 12.8 Å². The maximum absolute atomic E-state index is 12.6. The molecule has 0 spiro atoms. The van der Waals surface area contributed by atoms with Gasteiger partial charge in [0.2, 0.25) is 0 Å². The van der Waals surface area contributed by atoms with Crippen LogP contribution in [0.3, 0.4) is 0 Å². The molecular formula is C37H64O7. The van der Waals surface area contributed by atoms with Gasteiger partial charge >= 0.3 is 11.9 Å². The molecule has 4 saturated carbocycles. The molecule has 7 heteroatoms. The Kier molecular flexibility index (Phi) is 12.7. The van der Waals surface area contributed by atoms with Crippen LogP contribution < -0.4 is 0 Å². The fourth-order valence-corrected chi connectivity index (χ4v) is 10.7. The Labute approximate surface area is 267 Å². The van der Waals surface area contributed by atoms with Crippen LogP contribution in [-0.2, 0) is 19.1 Å². The number of ether oxygens (including phenoxy) is 2. The zero-order chi connectivity index (χ0) is 32.1. The zero-order valence-electron chi connectivity index (χ0n) is 28.5. The summed E-state index contributed by atoms with van der Waals surface area (Å²) in [4.78, 5) is 25.2. The molecular weight excluding hydrogens is 556 g/mol. The molecule has 0 aromatic rings. The summed E-state index contributed by atoms with van der Waals surface area (Å²) in [7, 11) is 0. The first kappa shape index (κ1) is 35.7. The molecule has 0 unspecified atom stereocenters. The van der Waals surface area contributed by atoms with Gasteiger partial charge in [-0.3, -0.25) is 9.59 Å². The van der Waals surface area contributed by atoms with Crippen LogP contribution in [0.2, 0.25) is 0 Å². The standard InChI is InChI=1S/C37H64O7/c1-6-8-9-10-12-25(11-7-2)35(42)44-20-19-43-33(41)16-13-24(3)28-14-15-29-34-30(23-32(40)37(28,29)5)36(4)18-17-27(38)21-26(36)22-31(34)39/h24-32,34,38-40H,6-23H2,1-5H3/t24-,25-,26+,27-,28-,29+,30+,31-,32+,34+,36+,37-/m1/s1. The fraction of sp³-hybridized carbons (Fsp3) is 0.946. The van der Waals surface area contributed by atoms with Crippen molar-refractivity contribution in [3.8, 4) is 0 Å². The van der Waals surface area contributed by atoms with E-state index in [1.54, 1.807) is 0 Å². The van der Waals surface area contributed by atoms with Crippen LogP contribution in [-0.4, -0.2) is 58.8 Å². The van der Waals surface area contributed by atoms with Gasteiger partial charge in [0.15, 0.2) is 0 Å². The summed E-state index contributed by atoms with van der Waals surface area (Å²) >= 11 is 0. The molecule has 4 aliphatic carbocycles. The van der Waals surface area contributed by atoms with E-state index in [0.717, 1.165) is 77.0 Å². The van der Waals surface area contributed by atoms with Gasteiger partial charge in [-0.15, -0.1) is 0 Å². The number of aliphatic hydroxyl groups excluding tert-OH is 3. The van der Waals surface area contributed by atoms with Crippen LogP contribution in [0, 0.1) is 52.3 Å². The molecule has 0 aromatic heterocycles. The van der Waals surface area contributed by atoms with Gasteiger partial charge in [-0.05, 0) is 111 Å². The van der Waals surface area contributed by atoms with E-state index in [9.17, 15) is 24.9 Å². The first-order valence-electron chi connectivity index (χ1n) is 18.3. The third-order valence-corrected chi connectivity index (χ3v) is 13.3. The molecule has 44 heavy (non-hydrogen) atoms. The first-order chi connectivity index (χ1) is 21.0. The predicted octanol–water partition coefficient (Wildman–Crippen LogP) is 6.84. The molecule has 0 aliphatic heterocycles. The molecule has 0 heterocycles. The number of hydrogen-bond donors (Lipinski definition) is 3. The monoisotopic (exact) mass is 620 g/mol. The number of carbonyl (C=O) groups is 2. The van der Waals surface area contributed by atoms with Crippen LogP contribution in [0.5, 0.6) is 0 Å². The molecule has 0 radical (unpaired) electrons. The Morgan fingerprint density at radius 1 is 0.841 bits per heavy atom. The first-order valence-corrected chi connectivity index (χ1v) is 18.3. The fourth-order valence-electron chi connectivity index (χ4n) is 10.7. The molecule has 12 atom stereocenters. The van der Waals surface area contributed by atoms with E-state index in [2.05, 4.69) is 34.6 Å². The summed E-state index contributed by atoms with van der Waals surface area (Å²) in [6.45, 7) is 11.3. The van der Waals surface area contributed by atoms with E-state index in [4.69, 9.17) is 9.47 Å². The number of rotatable bonds is 15. The Bertz CT molecular complexity index is 939. The minimum absolute atomic E-state index is 0.0648. The van der Waals surface area contributed by atoms with Crippen LogP contribution >= 0.6 is 0 Å². The molecule has 7 nitrogen and oxygen atoms in total. The van der Waals surface area contributed by atoms with Crippen LogP contribution in [0.25, 0.3) is 0 Å². The van der Waals surface area contributed by atoms with Gasteiger partial charge in [0.1, 0.15) is 13.2 Å². The molecule has 254 valence electrons. The number of unbranched alkanes of at least 4 members (excludes halogenated alkanes) is 3. The van der Waals surface area contributed by atoms with Gasteiger partial charge in [0.05, 0.1) is 24.2 Å². The van der Waals surface area contributed by atoms with Gasteiger partial charge in [-0.2, -0.15) is 0 Å². The van der Waals surface area contributed by atoms with Crippen molar-refractivity contribution in [3.63, 3.8) is 0 Å². The van der Waals surface area contributed by atoms with Gasteiger partial charge in [0, 0.05) is 6.42 Å². The number of aliphatic hydroxyl groups is 3. The van der Waals surface area contributed by atoms with Crippen molar-refractivity contribution in [2.75, 3.05) is 13.2 Å². The van der Waals surface area contributed by atoms with Crippen molar-refractivity contribution < 1.29 is 34.4 Å². The molecule has 0 amide bonds. The highest BCUT2D eigenvalue weighted by Gasteiger charge is 2.65. The van der Waals surface area contributed by atoms with Crippen molar-refractivity contribution in [2.24, 2.45) is 52.3 Å². The topological polar surface area (TPSA) is 113 Å². The summed E-state index contributed by atoms with van der Waals surface area (Å²) in [6.07, 6.45) is 13.2. The number of fused-ring (bicyclic) bond motifs is 5. The average Bonchev–Trinajstić information content (AvgIpc) is 3.35. The summed E-state index contributed by atoms with van der Waals surface area (Å²) in [5, 5.41) is 33.6. The number of hydrogen-bond acceptors (Lipinski definition) is 7. The van der Waals surface area contributed by atoms with Gasteiger partial charge in [-0.25, -0.2) is 0 Å². The van der Waals surface area contributed by atoms with E-state index >= 15 is 0 Å². The van der Waals surface area contributed by atoms with Crippen molar-refractivity contribution >= 4 is 11.9 Å². The third-order valence-electron chi connectivity index (χ3n) is 13.3. The lowest BCUT2D eigenvalue weighted by atomic mass is 9.43. The summed E-state index contributed by atoms with van der Waals surface area (Å²) in [6, 6.07) is 0. The summed E-state index contributed by atoms with van der Waals surface area (Å²) < 4.78 is 10.9. The van der Waals surface area contributed by atoms with E-state index in [1.807, 2.05) is 0 Å². The SMILES string of the molecule is CCCCCC[C@@H](CCC)C(=O)OCCOC(=O)CC[C@@H](C)[C@H]1CC[C@H]2[C@@H]3[C@H](O)C[C@@H]4C[C@H](O)CC[C@]4(C)[C@H]3C[C@H](O)[C@]12C. The van der Waals surface area contributed by atoms with Crippen molar-refractivity contribution in [3.05, 3.63) is 0 Å². The highest BCUT2D eigenvalue weighted by molar-refractivity contribution is 5.72. The highest BCUT2D eigenvalue weighted by Crippen LogP contribution is 2.68. The Balaban J connectivity index is 1.24. The zero-order valence-corrected chi connectivity index (χ0v) is 28.5.